The van der Waals surface area contributed by atoms with Gasteiger partial charge in [-0.25, -0.2) is 13.6 Å². The maximum atomic E-state index is 13.7. The number of halogens is 8. The van der Waals surface area contributed by atoms with Crippen molar-refractivity contribution in [1.82, 2.24) is 5.16 Å². The molecule has 11 nitrogen and oxygen atoms in total. The highest BCUT2D eigenvalue weighted by molar-refractivity contribution is 6.06. The first-order valence-electron chi connectivity index (χ1n) is 19.3. The number of methoxy groups -OCH3 is 1. The van der Waals surface area contributed by atoms with Gasteiger partial charge < -0.3 is 30.1 Å². The van der Waals surface area contributed by atoms with Gasteiger partial charge in [-0.15, -0.1) is 0 Å². The lowest BCUT2D eigenvalue weighted by molar-refractivity contribution is -0.141. The summed E-state index contributed by atoms with van der Waals surface area (Å²) in [6.45, 7) is 3.03. The summed E-state index contributed by atoms with van der Waals surface area (Å²) >= 11 is 0. The lowest BCUT2D eigenvalue weighted by Crippen LogP contribution is -2.14. The molecular weight excluding hydrogens is 899 g/mol. The highest BCUT2D eigenvalue weighted by atomic mass is 19.4. The lowest BCUT2D eigenvalue weighted by atomic mass is 9.96. The third-order valence-electron chi connectivity index (χ3n) is 9.49. The topological polar surface area (TPSA) is 168 Å². The number of hydrogen-bond donors (Lipinski definition) is 4. The Bertz CT molecular complexity index is 2910. The van der Waals surface area contributed by atoms with E-state index in [0.717, 1.165) is 17.2 Å². The number of nitrogens with zero attached hydrogens (tertiary/aromatic N) is 1. The molecule has 4 N–H and O–H groups in total. The Balaban J connectivity index is 0.000000212. The number of phenols is 1. The Kier molecular flexibility index (Phi) is 15.6. The maximum absolute atomic E-state index is 13.7. The number of rotatable bonds is 9. The highest BCUT2D eigenvalue weighted by Crippen LogP contribution is 2.41. The fraction of sp³-hybridized carbons (Fsp3) is 0.104. The van der Waals surface area contributed by atoms with Crippen LogP contribution in [0.3, 0.4) is 0 Å². The van der Waals surface area contributed by atoms with E-state index in [1.807, 2.05) is 0 Å². The van der Waals surface area contributed by atoms with E-state index >= 15 is 0 Å². The summed E-state index contributed by atoms with van der Waals surface area (Å²) in [6, 6.07) is 27.1. The van der Waals surface area contributed by atoms with Crippen molar-refractivity contribution in [2.24, 2.45) is 0 Å². The smallest absolute Gasteiger partial charge is 0.417 e. The second-order valence-corrected chi connectivity index (χ2v) is 14.0. The van der Waals surface area contributed by atoms with Crippen LogP contribution in [0.5, 0.6) is 11.5 Å². The number of hydrogen-bond acceptors (Lipinski definition) is 8. The van der Waals surface area contributed by atoms with Gasteiger partial charge in [0.1, 0.15) is 22.8 Å². The van der Waals surface area contributed by atoms with Gasteiger partial charge in [0.15, 0.2) is 17.4 Å². The second kappa shape index (κ2) is 21.1. The average molecular weight is 934 g/mol. The summed E-state index contributed by atoms with van der Waals surface area (Å²) in [4.78, 5) is 46.2. The predicted octanol–water partition coefficient (Wildman–Crippen LogP) is 12.1. The van der Waals surface area contributed by atoms with Gasteiger partial charge in [0.25, 0.3) is 11.8 Å². The number of carbonyl (C=O) groups excluding carboxylic acids is 3. The van der Waals surface area contributed by atoms with Crippen molar-refractivity contribution in [1.29, 1.82) is 0 Å². The minimum absolute atomic E-state index is 0.0150. The largest absolute Gasteiger partial charge is 0.507 e. The van der Waals surface area contributed by atoms with E-state index in [2.05, 4.69) is 20.3 Å². The van der Waals surface area contributed by atoms with E-state index in [-0.39, 0.29) is 39.5 Å². The third kappa shape index (κ3) is 12.7. The zero-order valence-corrected chi connectivity index (χ0v) is 35.0. The van der Waals surface area contributed by atoms with Crippen LogP contribution in [0.2, 0.25) is 0 Å². The molecule has 1 aromatic heterocycles. The Morgan fingerprint density at radius 1 is 0.657 bits per heavy atom. The van der Waals surface area contributed by atoms with Gasteiger partial charge in [0.05, 0.1) is 35.6 Å². The Morgan fingerprint density at radius 2 is 1.22 bits per heavy atom. The number of aromatic carboxylic acids is 1. The summed E-state index contributed by atoms with van der Waals surface area (Å²) in [5, 5.41) is 26.3. The summed E-state index contributed by atoms with van der Waals surface area (Å²) in [7, 11) is 1.54. The summed E-state index contributed by atoms with van der Waals surface area (Å²) in [6.07, 6.45) is -8.47. The van der Waals surface area contributed by atoms with Crippen LogP contribution in [0.25, 0.3) is 22.3 Å². The molecule has 0 saturated heterocycles. The van der Waals surface area contributed by atoms with Crippen molar-refractivity contribution in [3.8, 4) is 33.8 Å². The second-order valence-electron chi connectivity index (χ2n) is 14.0. The third-order valence-corrected chi connectivity index (χ3v) is 9.49. The van der Waals surface area contributed by atoms with E-state index < -0.39 is 58.5 Å². The fourth-order valence-corrected chi connectivity index (χ4v) is 6.07. The normalized spacial score (nSPS) is 11.0. The first kappa shape index (κ1) is 49.7. The maximum Gasteiger partial charge on any atom is 0.417 e. The zero-order valence-electron chi connectivity index (χ0n) is 35.0. The number of benzene rings is 6. The molecular formula is C48H35F8N3O8. The van der Waals surface area contributed by atoms with Crippen LogP contribution in [0.15, 0.2) is 138 Å². The molecule has 0 atom stereocenters. The highest BCUT2D eigenvalue weighted by Gasteiger charge is 2.37. The van der Waals surface area contributed by atoms with E-state index in [1.54, 1.807) is 49.4 Å². The molecule has 7 rings (SSSR count). The Labute approximate surface area is 375 Å². The molecule has 0 spiro atoms. The Morgan fingerprint density at radius 3 is 1.72 bits per heavy atom. The molecule has 0 aliphatic rings. The molecule has 67 heavy (non-hydrogen) atoms. The number of aryl methyl sites for hydroxylation is 1. The van der Waals surface area contributed by atoms with Crippen LogP contribution in [0.4, 0.5) is 46.5 Å². The van der Waals surface area contributed by atoms with Gasteiger partial charge in [-0.1, -0.05) is 47.6 Å². The molecule has 346 valence electrons. The van der Waals surface area contributed by atoms with Crippen LogP contribution in [-0.2, 0) is 12.4 Å². The van der Waals surface area contributed by atoms with Crippen LogP contribution >= 0.6 is 0 Å². The van der Waals surface area contributed by atoms with Gasteiger partial charge >= 0.3 is 18.3 Å². The van der Waals surface area contributed by atoms with Crippen molar-refractivity contribution in [2.45, 2.75) is 26.2 Å². The van der Waals surface area contributed by atoms with Crippen LogP contribution in [0.1, 0.15) is 65.2 Å². The summed E-state index contributed by atoms with van der Waals surface area (Å²) in [5.74, 6) is -4.07. The predicted molar refractivity (Wildman–Crippen MR) is 229 cm³/mol. The van der Waals surface area contributed by atoms with Gasteiger partial charge in [-0.05, 0) is 115 Å². The molecule has 19 heteroatoms. The molecule has 1 heterocycles. The average Bonchev–Trinajstić information content (AvgIpc) is 3.73. The number of carboxylic acids is 1. The number of carbonyl (C=O) groups is 4. The number of amides is 2. The van der Waals surface area contributed by atoms with Gasteiger partial charge in [0.2, 0.25) is 0 Å². The number of aromatic hydroxyl groups is 1. The molecule has 0 unspecified atom stereocenters. The number of ether oxygens (including phenoxy) is 1. The van der Waals surface area contributed by atoms with Crippen molar-refractivity contribution >= 4 is 34.9 Å². The SMILES string of the molecule is COc1ccc(C(C)=O)cc1-c1ccc(NC(=O)c2cccc(F)c2F)cc1.Cc1oncc1C(=O)O.O=C(Nc1ccc(-c2cc(C(F)(F)F)ccc2C(F)(F)F)cc1)c1ccccc1O. The molecule has 6 aromatic carbocycles. The lowest BCUT2D eigenvalue weighted by Gasteiger charge is -2.16. The molecule has 7 aromatic rings. The van der Waals surface area contributed by atoms with E-state index in [0.29, 0.717) is 41.0 Å². The molecule has 0 radical (unpaired) electrons. The number of aromatic nitrogens is 1. The number of Topliss-reactive ketones (excluding diaryl/α,β-unsaturated/α-hetero) is 1. The first-order valence-corrected chi connectivity index (χ1v) is 19.3. The van der Waals surface area contributed by atoms with Gasteiger partial charge in [-0.3, -0.25) is 14.4 Å². The number of nitrogens with one attached hydrogen (secondary N) is 2. The van der Waals surface area contributed by atoms with Gasteiger partial charge in [0, 0.05) is 22.5 Å². The van der Waals surface area contributed by atoms with E-state index in [9.17, 15) is 59.4 Å². The monoisotopic (exact) mass is 933 g/mol. The fourth-order valence-electron chi connectivity index (χ4n) is 6.07. The van der Waals surface area contributed by atoms with E-state index in [1.165, 1.54) is 80.9 Å². The van der Waals surface area contributed by atoms with E-state index in [4.69, 9.17) is 9.84 Å². The molecule has 2 amide bonds. The summed E-state index contributed by atoms with van der Waals surface area (Å²) in [5.41, 5.74) is -0.761. The minimum Gasteiger partial charge on any atom is -0.507 e. The zero-order chi connectivity index (χ0) is 49.2. The number of anilines is 2. The molecule has 0 saturated carbocycles. The van der Waals surface area contributed by atoms with Crippen LogP contribution in [0, 0.1) is 18.6 Å². The number of phenolic OH excluding ortho intramolecular Hbond substituents is 1. The van der Waals surface area contributed by atoms with Crippen LogP contribution < -0.4 is 15.4 Å². The van der Waals surface area contributed by atoms with Crippen molar-refractivity contribution < 1.29 is 73.8 Å². The number of carboxylic acid groups (broad SMARTS) is 1. The molecule has 0 fully saturated rings. The molecule has 0 aliphatic heterocycles. The van der Waals surface area contributed by atoms with Crippen molar-refractivity contribution in [3.05, 3.63) is 184 Å². The molecule has 0 aliphatic carbocycles. The minimum atomic E-state index is -4.85. The number of alkyl halides is 6. The summed E-state index contributed by atoms with van der Waals surface area (Å²) < 4.78 is 116. The quantitative estimate of drug-likeness (QED) is 0.0813. The molecule has 0 bridgehead atoms. The number of ketones is 1. The van der Waals surface area contributed by atoms with Gasteiger partial charge in [-0.2, -0.15) is 26.3 Å². The van der Waals surface area contributed by atoms with Crippen molar-refractivity contribution in [2.75, 3.05) is 17.7 Å². The Hall–Kier alpha value is -8.35. The van der Waals surface area contributed by atoms with Crippen molar-refractivity contribution in [3.63, 3.8) is 0 Å². The first-order chi connectivity index (χ1) is 31.6. The van der Waals surface area contributed by atoms with Crippen LogP contribution in [-0.4, -0.2) is 46.0 Å². The number of para-hydroxylation sites is 1. The standard InChI is InChI=1S/C22H17F2NO3.C21H13F6NO2.C5H5NO3/c1-13(26)15-8-11-20(28-2)18(12-15)14-6-9-16(10-7-14)25-22(27)17-4-3-5-19(23)21(17)24;22-20(23,24)13-7-10-17(21(25,26)27)16(11-13)12-5-8-14(9-6-12)28-19(30)15-3-1-2-4-18(15)29;1-3-4(5(7)8)2-6-9-3/h3-12H,1-2H3,(H,25,27);1-11,29H,(H,28,30);2H,1H3,(H,7,8).